The molecule has 4 rings (SSSR count). The summed E-state index contributed by atoms with van der Waals surface area (Å²) >= 11 is 0. The van der Waals surface area contributed by atoms with Crippen LogP contribution in [0.25, 0.3) is 0 Å². The van der Waals surface area contributed by atoms with Crippen LogP contribution in [-0.2, 0) is 19.2 Å². The zero-order chi connectivity index (χ0) is 19.7. The van der Waals surface area contributed by atoms with Crippen LogP contribution in [0.1, 0.15) is 33.6 Å². The molecule has 8 nitrogen and oxygen atoms in total. The smallest absolute Gasteiger partial charge is 0.337 e. The minimum absolute atomic E-state index is 0.128. The summed E-state index contributed by atoms with van der Waals surface area (Å²) < 4.78 is 5.27. The van der Waals surface area contributed by atoms with Gasteiger partial charge in [0.25, 0.3) is 11.8 Å². The fourth-order valence-electron chi connectivity index (χ4n) is 3.77. The first-order chi connectivity index (χ1) is 13.6. The molecule has 0 saturated carbocycles. The number of nitrogens with zero attached hydrogens (tertiary/aromatic N) is 2. The zero-order valence-corrected chi connectivity index (χ0v) is 15.2. The van der Waals surface area contributed by atoms with Crippen LogP contribution in [0.15, 0.2) is 36.4 Å². The second-order valence-electron chi connectivity index (χ2n) is 6.95. The molecule has 1 aromatic carbocycles. The summed E-state index contributed by atoms with van der Waals surface area (Å²) in [6.45, 7) is 1.91. The van der Waals surface area contributed by atoms with E-state index in [1.807, 2.05) is 12.2 Å². The van der Waals surface area contributed by atoms with Gasteiger partial charge in [0.05, 0.1) is 36.2 Å². The Bertz CT molecular complexity index is 823. The molecule has 3 amide bonds. The number of allylic oxidation sites excluding steroid dienone is 2. The Labute approximate surface area is 161 Å². The maximum absolute atomic E-state index is 12.9. The van der Waals surface area contributed by atoms with Gasteiger partial charge in [-0.2, -0.15) is 0 Å². The van der Waals surface area contributed by atoms with Gasteiger partial charge in [0.2, 0.25) is 5.91 Å². The molecule has 1 aliphatic carbocycles. The lowest BCUT2D eigenvalue weighted by Crippen LogP contribution is -2.47. The molecule has 0 radical (unpaired) electrons. The Balaban J connectivity index is 1.49. The Morgan fingerprint density at radius 3 is 2.11 bits per heavy atom. The van der Waals surface area contributed by atoms with Crippen LogP contribution in [-0.4, -0.2) is 60.0 Å². The first-order valence-electron chi connectivity index (χ1n) is 9.29. The lowest BCUT2D eigenvalue weighted by Gasteiger charge is -2.33. The third-order valence-electron chi connectivity index (χ3n) is 5.31. The number of carbonyl (C=O) groups is 4. The van der Waals surface area contributed by atoms with Gasteiger partial charge in [-0.05, 0) is 25.0 Å². The molecule has 2 heterocycles. The average Bonchev–Trinajstić information content (AvgIpc) is 2.99. The summed E-state index contributed by atoms with van der Waals surface area (Å²) in [5, 5.41) is 0.502. The number of amides is 3. The van der Waals surface area contributed by atoms with Gasteiger partial charge in [-0.1, -0.05) is 29.3 Å². The summed E-state index contributed by atoms with van der Waals surface area (Å²) in [6, 6.07) is 6.30. The SMILES string of the molecule is O=C(ON1C(=O)c2ccccc2C1=O)C1CC=CCC1C(=O)N1CCOCC1. The lowest BCUT2D eigenvalue weighted by atomic mass is 9.82. The van der Waals surface area contributed by atoms with E-state index >= 15 is 0 Å². The van der Waals surface area contributed by atoms with Crippen LogP contribution in [0, 0.1) is 11.8 Å². The molecule has 8 heteroatoms. The van der Waals surface area contributed by atoms with Gasteiger partial charge in [0, 0.05) is 13.1 Å². The van der Waals surface area contributed by atoms with Crippen molar-refractivity contribution in [1.29, 1.82) is 0 Å². The van der Waals surface area contributed by atoms with Crippen molar-refractivity contribution in [2.45, 2.75) is 12.8 Å². The van der Waals surface area contributed by atoms with Crippen LogP contribution >= 0.6 is 0 Å². The van der Waals surface area contributed by atoms with Crippen molar-refractivity contribution in [3.63, 3.8) is 0 Å². The van der Waals surface area contributed by atoms with E-state index in [-0.39, 0.29) is 17.0 Å². The topological polar surface area (TPSA) is 93.2 Å². The van der Waals surface area contributed by atoms with Gasteiger partial charge in [0.15, 0.2) is 0 Å². The number of morpholine rings is 1. The van der Waals surface area contributed by atoms with Crippen molar-refractivity contribution >= 4 is 23.7 Å². The summed E-state index contributed by atoms with van der Waals surface area (Å²) in [6.07, 6.45) is 4.42. The monoisotopic (exact) mass is 384 g/mol. The minimum Gasteiger partial charge on any atom is -0.378 e. The van der Waals surface area contributed by atoms with E-state index in [2.05, 4.69) is 0 Å². The lowest BCUT2D eigenvalue weighted by molar-refractivity contribution is -0.177. The van der Waals surface area contributed by atoms with Crippen LogP contribution in [0.3, 0.4) is 0 Å². The van der Waals surface area contributed by atoms with Gasteiger partial charge in [-0.25, -0.2) is 4.79 Å². The average molecular weight is 384 g/mol. The van der Waals surface area contributed by atoms with Crippen LogP contribution in [0.4, 0.5) is 0 Å². The van der Waals surface area contributed by atoms with Gasteiger partial charge in [-0.3, -0.25) is 14.4 Å². The largest absolute Gasteiger partial charge is 0.378 e. The van der Waals surface area contributed by atoms with Crippen LogP contribution in [0.5, 0.6) is 0 Å². The standard InChI is InChI=1S/C20H20N2O6/c23-17(21-9-11-27-12-10-21)15-7-3-4-8-16(15)20(26)28-22-18(24)13-5-1-2-6-14(13)19(22)25/h1-6,15-16H,7-12H2. The second-order valence-corrected chi connectivity index (χ2v) is 6.95. The molecule has 146 valence electrons. The van der Waals surface area contributed by atoms with E-state index in [1.54, 1.807) is 17.0 Å². The van der Waals surface area contributed by atoms with Gasteiger partial charge < -0.3 is 14.5 Å². The quantitative estimate of drug-likeness (QED) is 0.574. The van der Waals surface area contributed by atoms with Crippen molar-refractivity contribution in [3.05, 3.63) is 47.5 Å². The number of fused-ring (bicyclic) bond motifs is 1. The van der Waals surface area contributed by atoms with E-state index in [0.29, 0.717) is 44.2 Å². The first kappa shape index (κ1) is 18.4. The normalized spacial score (nSPS) is 24.3. The van der Waals surface area contributed by atoms with Crippen LogP contribution < -0.4 is 0 Å². The first-order valence-corrected chi connectivity index (χ1v) is 9.29. The van der Waals surface area contributed by atoms with Crippen molar-refractivity contribution < 1.29 is 28.8 Å². The van der Waals surface area contributed by atoms with Crippen molar-refractivity contribution in [1.82, 2.24) is 9.96 Å². The number of ether oxygens (including phenoxy) is 1. The highest BCUT2D eigenvalue weighted by Gasteiger charge is 2.43. The molecule has 28 heavy (non-hydrogen) atoms. The summed E-state index contributed by atoms with van der Waals surface area (Å²) in [7, 11) is 0. The fourth-order valence-corrected chi connectivity index (χ4v) is 3.77. The Morgan fingerprint density at radius 2 is 1.50 bits per heavy atom. The van der Waals surface area contributed by atoms with Crippen molar-refractivity contribution in [2.24, 2.45) is 11.8 Å². The molecular weight excluding hydrogens is 364 g/mol. The minimum atomic E-state index is -0.746. The number of carbonyl (C=O) groups excluding carboxylic acids is 4. The highest BCUT2D eigenvalue weighted by atomic mass is 16.7. The van der Waals surface area contributed by atoms with Gasteiger partial charge >= 0.3 is 5.97 Å². The van der Waals surface area contributed by atoms with E-state index < -0.39 is 29.6 Å². The van der Waals surface area contributed by atoms with Crippen molar-refractivity contribution in [2.75, 3.05) is 26.3 Å². The predicted molar refractivity (Wildman–Crippen MR) is 95.8 cm³/mol. The number of hydroxylamine groups is 2. The number of hydrogen-bond acceptors (Lipinski definition) is 6. The predicted octanol–water partition coefficient (Wildman–Crippen LogP) is 1.18. The molecule has 3 aliphatic rings. The van der Waals surface area contributed by atoms with Crippen molar-refractivity contribution in [3.8, 4) is 0 Å². The third-order valence-corrected chi connectivity index (χ3v) is 5.31. The molecule has 1 saturated heterocycles. The Morgan fingerprint density at radius 1 is 0.929 bits per heavy atom. The summed E-state index contributed by atoms with van der Waals surface area (Å²) in [5.74, 6) is -3.54. The highest BCUT2D eigenvalue weighted by Crippen LogP contribution is 2.31. The number of hydrogen-bond donors (Lipinski definition) is 0. The highest BCUT2D eigenvalue weighted by molar-refractivity contribution is 6.20. The Kier molecular flexibility index (Phi) is 4.95. The van der Waals surface area contributed by atoms with Crippen LogP contribution in [0.2, 0.25) is 0 Å². The second kappa shape index (κ2) is 7.55. The Hall–Kier alpha value is -3.00. The van der Waals surface area contributed by atoms with Gasteiger partial charge in [-0.15, -0.1) is 0 Å². The number of imide groups is 1. The maximum Gasteiger partial charge on any atom is 0.337 e. The molecular formula is C20H20N2O6. The molecule has 2 unspecified atom stereocenters. The molecule has 0 aromatic heterocycles. The molecule has 1 aromatic rings. The summed E-state index contributed by atoms with van der Waals surface area (Å²) in [4.78, 5) is 57.4. The molecule has 0 bridgehead atoms. The van der Waals surface area contributed by atoms with E-state index in [4.69, 9.17) is 9.57 Å². The molecule has 1 fully saturated rings. The van der Waals surface area contributed by atoms with Gasteiger partial charge in [0.1, 0.15) is 0 Å². The maximum atomic E-state index is 12.9. The zero-order valence-electron chi connectivity index (χ0n) is 15.2. The molecule has 0 spiro atoms. The number of benzene rings is 1. The van der Waals surface area contributed by atoms with E-state index in [1.165, 1.54) is 12.1 Å². The number of rotatable bonds is 3. The molecule has 2 atom stereocenters. The van der Waals surface area contributed by atoms with E-state index in [0.717, 1.165) is 0 Å². The molecule has 0 N–H and O–H groups in total. The fraction of sp³-hybridized carbons (Fsp3) is 0.400. The summed E-state index contributed by atoms with van der Waals surface area (Å²) in [5.41, 5.74) is 0.398. The molecule has 2 aliphatic heterocycles. The third kappa shape index (κ3) is 3.20. The van der Waals surface area contributed by atoms with E-state index in [9.17, 15) is 19.2 Å².